The molecule has 1 saturated heterocycles. The summed E-state index contributed by atoms with van der Waals surface area (Å²) in [5, 5.41) is 13.0. The highest BCUT2D eigenvalue weighted by Crippen LogP contribution is 2.24. The smallest absolute Gasteiger partial charge is 0.126 e. The van der Waals surface area contributed by atoms with Gasteiger partial charge in [0, 0.05) is 38.3 Å². The monoisotopic (exact) mass is 224 g/mol. The van der Waals surface area contributed by atoms with E-state index >= 15 is 0 Å². The van der Waals surface area contributed by atoms with Crippen LogP contribution in [0.4, 0.5) is 4.39 Å². The van der Waals surface area contributed by atoms with Crippen molar-refractivity contribution < 1.29 is 9.50 Å². The van der Waals surface area contributed by atoms with E-state index in [4.69, 9.17) is 0 Å². The molecule has 16 heavy (non-hydrogen) atoms. The molecule has 0 atom stereocenters. The van der Waals surface area contributed by atoms with Gasteiger partial charge in [0.1, 0.15) is 11.6 Å². The Labute approximate surface area is 94.9 Å². The van der Waals surface area contributed by atoms with Crippen molar-refractivity contribution in [3.63, 3.8) is 0 Å². The van der Waals surface area contributed by atoms with Crippen LogP contribution in [0.5, 0.6) is 5.75 Å². The summed E-state index contributed by atoms with van der Waals surface area (Å²) in [6, 6.07) is 2.74. The highest BCUT2D eigenvalue weighted by Gasteiger charge is 2.15. The number of halogens is 1. The SMILES string of the molecule is Cc1c(F)ccc(O)c1CN1CCNCC1. The molecular formula is C12H17FN2O. The molecule has 1 aromatic rings. The molecule has 0 unspecified atom stereocenters. The summed E-state index contributed by atoms with van der Waals surface area (Å²) >= 11 is 0. The largest absolute Gasteiger partial charge is 0.508 e. The lowest BCUT2D eigenvalue weighted by molar-refractivity contribution is 0.230. The van der Waals surface area contributed by atoms with E-state index in [1.807, 2.05) is 0 Å². The lowest BCUT2D eigenvalue weighted by Crippen LogP contribution is -2.43. The number of hydrogen-bond donors (Lipinski definition) is 2. The van der Waals surface area contributed by atoms with Gasteiger partial charge in [0.2, 0.25) is 0 Å². The maximum absolute atomic E-state index is 13.4. The van der Waals surface area contributed by atoms with Gasteiger partial charge >= 0.3 is 0 Å². The summed E-state index contributed by atoms with van der Waals surface area (Å²) in [7, 11) is 0. The molecule has 1 aliphatic heterocycles. The molecular weight excluding hydrogens is 207 g/mol. The van der Waals surface area contributed by atoms with Gasteiger partial charge in [0.25, 0.3) is 0 Å². The second-order valence-electron chi connectivity index (χ2n) is 4.20. The summed E-state index contributed by atoms with van der Waals surface area (Å²) in [6.07, 6.45) is 0. The predicted octanol–water partition coefficient (Wildman–Crippen LogP) is 1.24. The lowest BCUT2D eigenvalue weighted by atomic mass is 10.1. The molecule has 0 aromatic heterocycles. The molecule has 0 spiro atoms. The first kappa shape index (κ1) is 11.4. The van der Waals surface area contributed by atoms with Gasteiger partial charge in [-0.05, 0) is 24.6 Å². The molecule has 3 nitrogen and oxygen atoms in total. The summed E-state index contributed by atoms with van der Waals surface area (Å²) < 4.78 is 13.4. The molecule has 1 fully saturated rings. The average Bonchev–Trinajstić information content (AvgIpc) is 2.31. The fourth-order valence-corrected chi connectivity index (χ4v) is 2.01. The zero-order valence-corrected chi connectivity index (χ0v) is 9.46. The Morgan fingerprint density at radius 3 is 2.75 bits per heavy atom. The average molecular weight is 224 g/mol. The summed E-state index contributed by atoms with van der Waals surface area (Å²) in [5.41, 5.74) is 1.26. The maximum Gasteiger partial charge on any atom is 0.126 e. The van der Waals surface area contributed by atoms with Gasteiger partial charge in [0.15, 0.2) is 0 Å². The first-order valence-electron chi connectivity index (χ1n) is 5.58. The molecule has 2 N–H and O–H groups in total. The molecule has 4 heteroatoms. The van der Waals surface area contributed by atoms with Crippen molar-refractivity contribution in [1.29, 1.82) is 0 Å². The molecule has 0 saturated carbocycles. The van der Waals surface area contributed by atoms with E-state index in [0.29, 0.717) is 17.7 Å². The zero-order chi connectivity index (χ0) is 11.5. The Morgan fingerprint density at radius 1 is 1.38 bits per heavy atom. The van der Waals surface area contributed by atoms with Crippen molar-refractivity contribution in [3.05, 3.63) is 29.1 Å². The van der Waals surface area contributed by atoms with Gasteiger partial charge in [-0.25, -0.2) is 4.39 Å². The van der Waals surface area contributed by atoms with E-state index in [1.165, 1.54) is 12.1 Å². The summed E-state index contributed by atoms with van der Waals surface area (Å²) in [5.74, 6) is -0.0552. The minimum Gasteiger partial charge on any atom is -0.508 e. The van der Waals surface area contributed by atoms with Crippen LogP contribution in [0.15, 0.2) is 12.1 Å². The topological polar surface area (TPSA) is 35.5 Å². The standard InChI is InChI=1S/C12H17FN2O/c1-9-10(12(16)3-2-11(9)13)8-15-6-4-14-5-7-15/h2-3,14,16H,4-8H2,1H3. The van der Waals surface area contributed by atoms with Crippen molar-refractivity contribution in [1.82, 2.24) is 10.2 Å². The first-order chi connectivity index (χ1) is 7.68. The fraction of sp³-hybridized carbons (Fsp3) is 0.500. The van der Waals surface area contributed by atoms with E-state index in [9.17, 15) is 9.50 Å². The number of piperazine rings is 1. The second kappa shape index (κ2) is 4.80. The van der Waals surface area contributed by atoms with Crippen molar-refractivity contribution in [2.75, 3.05) is 26.2 Å². The normalized spacial score (nSPS) is 17.6. The van der Waals surface area contributed by atoms with Gasteiger partial charge in [-0.2, -0.15) is 0 Å². The highest BCUT2D eigenvalue weighted by atomic mass is 19.1. The number of nitrogens with one attached hydrogen (secondary N) is 1. The minimum absolute atomic E-state index is 0.192. The van der Waals surface area contributed by atoms with Gasteiger partial charge in [0.05, 0.1) is 0 Å². The van der Waals surface area contributed by atoms with Crippen LogP contribution >= 0.6 is 0 Å². The molecule has 0 radical (unpaired) electrons. The molecule has 1 aromatic carbocycles. The van der Waals surface area contributed by atoms with Crippen LogP contribution in [0.1, 0.15) is 11.1 Å². The van der Waals surface area contributed by atoms with Crippen molar-refractivity contribution in [2.45, 2.75) is 13.5 Å². The molecule has 1 heterocycles. The number of nitrogens with zero attached hydrogens (tertiary/aromatic N) is 1. The third kappa shape index (κ3) is 2.33. The van der Waals surface area contributed by atoms with Crippen LogP contribution in [0.25, 0.3) is 0 Å². The molecule has 0 amide bonds. The molecule has 0 bridgehead atoms. The van der Waals surface area contributed by atoms with Crippen LogP contribution in [0.2, 0.25) is 0 Å². The molecule has 1 aliphatic rings. The number of phenolic OH excluding ortho intramolecular Hbond substituents is 1. The number of rotatable bonds is 2. The van der Waals surface area contributed by atoms with E-state index < -0.39 is 0 Å². The highest BCUT2D eigenvalue weighted by molar-refractivity contribution is 5.39. The zero-order valence-electron chi connectivity index (χ0n) is 9.46. The van der Waals surface area contributed by atoms with Crippen LogP contribution < -0.4 is 5.32 Å². The van der Waals surface area contributed by atoms with E-state index in [0.717, 1.165) is 26.2 Å². The molecule has 0 aliphatic carbocycles. The van der Waals surface area contributed by atoms with E-state index in [1.54, 1.807) is 6.92 Å². The van der Waals surface area contributed by atoms with Crippen molar-refractivity contribution >= 4 is 0 Å². The Hall–Kier alpha value is -1.13. The Kier molecular flexibility index (Phi) is 3.41. The number of benzene rings is 1. The van der Waals surface area contributed by atoms with E-state index in [2.05, 4.69) is 10.2 Å². The van der Waals surface area contributed by atoms with Gasteiger partial charge in [-0.15, -0.1) is 0 Å². The van der Waals surface area contributed by atoms with E-state index in [-0.39, 0.29) is 11.6 Å². The van der Waals surface area contributed by atoms with Crippen LogP contribution in [-0.2, 0) is 6.54 Å². The van der Waals surface area contributed by atoms with Crippen LogP contribution in [-0.4, -0.2) is 36.2 Å². The number of phenols is 1. The number of aromatic hydroxyl groups is 1. The fourth-order valence-electron chi connectivity index (χ4n) is 2.01. The van der Waals surface area contributed by atoms with Crippen molar-refractivity contribution in [2.24, 2.45) is 0 Å². The third-order valence-corrected chi connectivity index (χ3v) is 3.10. The minimum atomic E-state index is -0.247. The third-order valence-electron chi connectivity index (χ3n) is 3.10. The van der Waals surface area contributed by atoms with Crippen molar-refractivity contribution in [3.8, 4) is 5.75 Å². The van der Waals surface area contributed by atoms with Gasteiger partial charge in [-0.1, -0.05) is 0 Å². The first-order valence-corrected chi connectivity index (χ1v) is 5.58. The lowest BCUT2D eigenvalue weighted by Gasteiger charge is -2.28. The Balaban J connectivity index is 2.16. The number of hydrogen-bond acceptors (Lipinski definition) is 3. The maximum atomic E-state index is 13.4. The molecule has 2 rings (SSSR count). The van der Waals surface area contributed by atoms with Crippen LogP contribution in [0.3, 0.4) is 0 Å². The summed E-state index contributed by atoms with van der Waals surface area (Å²) in [6.45, 7) is 6.12. The van der Waals surface area contributed by atoms with Gasteiger partial charge < -0.3 is 10.4 Å². The quantitative estimate of drug-likeness (QED) is 0.793. The van der Waals surface area contributed by atoms with Gasteiger partial charge in [-0.3, -0.25) is 4.90 Å². The summed E-state index contributed by atoms with van der Waals surface area (Å²) in [4.78, 5) is 2.22. The Bertz CT molecular complexity index is 376. The molecule has 88 valence electrons. The van der Waals surface area contributed by atoms with Crippen LogP contribution in [0, 0.1) is 12.7 Å². The Morgan fingerprint density at radius 2 is 2.06 bits per heavy atom. The second-order valence-corrected chi connectivity index (χ2v) is 4.20. The predicted molar refractivity (Wildman–Crippen MR) is 60.9 cm³/mol.